The number of hydrogen-bond acceptors (Lipinski definition) is 5. The van der Waals surface area contributed by atoms with E-state index in [9.17, 15) is 4.79 Å². The average molecular weight is 291 g/mol. The Balaban J connectivity index is 1.99. The number of carbonyl (C=O) groups excluding carboxylic acids is 1. The molecule has 1 amide bonds. The molecule has 6 nitrogen and oxygen atoms in total. The molecule has 1 saturated heterocycles. The molecule has 1 aromatic rings. The summed E-state index contributed by atoms with van der Waals surface area (Å²) in [6.07, 6.45) is 1.67. The van der Waals surface area contributed by atoms with Crippen molar-refractivity contribution in [3.63, 3.8) is 0 Å². The Morgan fingerprint density at radius 3 is 2.67 bits per heavy atom. The molecule has 116 valence electrons. The van der Waals surface area contributed by atoms with Crippen molar-refractivity contribution in [2.24, 2.45) is 5.92 Å². The van der Waals surface area contributed by atoms with E-state index in [1.807, 2.05) is 0 Å². The number of aromatic nitrogens is 2. The van der Waals surface area contributed by atoms with Crippen LogP contribution in [0.15, 0.2) is 12.3 Å². The second-order valence-electron chi connectivity index (χ2n) is 5.77. The minimum Gasteiger partial charge on any atom is -0.350 e. The van der Waals surface area contributed by atoms with E-state index in [1.54, 1.807) is 12.3 Å². The minimum absolute atomic E-state index is 0.125. The van der Waals surface area contributed by atoms with Crippen LogP contribution in [-0.2, 0) is 0 Å². The fourth-order valence-electron chi connectivity index (χ4n) is 2.28. The summed E-state index contributed by atoms with van der Waals surface area (Å²) < 4.78 is 0. The molecular formula is C15H25N5O. The predicted molar refractivity (Wildman–Crippen MR) is 83.5 cm³/mol. The molecule has 0 radical (unpaired) electrons. The van der Waals surface area contributed by atoms with Gasteiger partial charge in [0.15, 0.2) is 0 Å². The standard InChI is InChI=1S/C15H25N5O/c1-4-19-7-9-20(10-8-19)15-16-6-5-13(18-15)14(21)17-11-12(2)3/h5-6,12H,4,7-11H2,1-3H3,(H,17,21). The van der Waals surface area contributed by atoms with Crippen molar-refractivity contribution < 1.29 is 4.79 Å². The number of carbonyl (C=O) groups is 1. The number of nitrogens with one attached hydrogen (secondary N) is 1. The molecule has 0 saturated carbocycles. The fraction of sp³-hybridized carbons (Fsp3) is 0.667. The van der Waals surface area contributed by atoms with Crippen molar-refractivity contribution in [1.82, 2.24) is 20.2 Å². The van der Waals surface area contributed by atoms with Crippen molar-refractivity contribution in [3.05, 3.63) is 18.0 Å². The van der Waals surface area contributed by atoms with Crippen molar-refractivity contribution in [3.8, 4) is 0 Å². The number of amides is 1. The number of rotatable bonds is 5. The summed E-state index contributed by atoms with van der Waals surface area (Å²) in [5, 5.41) is 2.89. The SMILES string of the molecule is CCN1CCN(c2nccc(C(=O)NCC(C)C)n2)CC1. The van der Waals surface area contributed by atoms with Crippen molar-refractivity contribution >= 4 is 11.9 Å². The van der Waals surface area contributed by atoms with Crippen LogP contribution in [0.5, 0.6) is 0 Å². The lowest BCUT2D eigenvalue weighted by Gasteiger charge is -2.34. The molecule has 0 spiro atoms. The zero-order valence-corrected chi connectivity index (χ0v) is 13.2. The van der Waals surface area contributed by atoms with Gasteiger partial charge in [-0.15, -0.1) is 0 Å². The lowest BCUT2D eigenvalue weighted by molar-refractivity contribution is 0.0944. The second kappa shape index (κ2) is 7.36. The van der Waals surface area contributed by atoms with E-state index in [0.29, 0.717) is 24.1 Å². The summed E-state index contributed by atoms with van der Waals surface area (Å²) in [6, 6.07) is 1.67. The molecule has 21 heavy (non-hydrogen) atoms. The third-order valence-electron chi connectivity index (χ3n) is 3.65. The molecule has 2 rings (SSSR count). The lowest BCUT2D eigenvalue weighted by atomic mass is 10.2. The molecule has 6 heteroatoms. The average Bonchev–Trinajstić information content (AvgIpc) is 2.52. The highest BCUT2D eigenvalue weighted by Gasteiger charge is 2.19. The van der Waals surface area contributed by atoms with Crippen molar-refractivity contribution in [2.75, 3.05) is 44.2 Å². The molecule has 0 atom stereocenters. The maximum Gasteiger partial charge on any atom is 0.270 e. The second-order valence-corrected chi connectivity index (χ2v) is 5.77. The van der Waals surface area contributed by atoms with E-state index in [-0.39, 0.29) is 5.91 Å². The quantitative estimate of drug-likeness (QED) is 0.877. The first-order chi connectivity index (χ1) is 10.1. The Bertz CT molecular complexity index is 469. The Morgan fingerprint density at radius 2 is 2.05 bits per heavy atom. The van der Waals surface area contributed by atoms with Gasteiger partial charge in [0.2, 0.25) is 5.95 Å². The van der Waals surface area contributed by atoms with E-state index in [0.717, 1.165) is 32.7 Å². The summed E-state index contributed by atoms with van der Waals surface area (Å²) in [4.78, 5) is 25.3. The molecule has 2 heterocycles. The Kier molecular flexibility index (Phi) is 5.50. The first-order valence-electron chi connectivity index (χ1n) is 7.68. The molecule has 1 aliphatic rings. The number of nitrogens with zero attached hydrogens (tertiary/aromatic N) is 4. The van der Waals surface area contributed by atoms with Crippen molar-refractivity contribution in [2.45, 2.75) is 20.8 Å². The van der Waals surface area contributed by atoms with Crippen LogP contribution in [-0.4, -0.2) is 60.0 Å². The topological polar surface area (TPSA) is 61.4 Å². The van der Waals surface area contributed by atoms with Gasteiger partial charge in [0.25, 0.3) is 5.91 Å². The summed E-state index contributed by atoms with van der Waals surface area (Å²) in [5.74, 6) is 0.958. The Morgan fingerprint density at radius 1 is 1.33 bits per heavy atom. The van der Waals surface area contributed by atoms with Crippen LogP contribution >= 0.6 is 0 Å². The molecule has 1 fully saturated rings. The van der Waals surface area contributed by atoms with Gasteiger partial charge in [-0.1, -0.05) is 20.8 Å². The van der Waals surface area contributed by atoms with Crippen LogP contribution < -0.4 is 10.2 Å². The minimum atomic E-state index is -0.125. The fourth-order valence-corrected chi connectivity index (χ4v) is 2.28. The largest absolute Gasteiger partial charge is 0.350 e. The normalized spacial score (nSPS) is 16.3. The maximum atomic E-state index is 12.1. The first kappa shape index (κ1) is 15.7. The summed E-state index contributed by atoms with van der Waals surface area (Å²) in [6.45, 7) is 11.9. The van der Waals surface area contributed by atoms with Crippen LogP contribution in [0.4, 0.5) is 5.95 Å². The van der Waals surface area contributed by atoms with E-state index >= 15 is 0 Å². The van der Waals surface area contributed by atoms with Gasteiger partial charge < -0.3 is 15.1 Å². The van der Waals surface area contributed by atoms with E-state index < -0.39 is 0 Å². The van der Waals surface area contributed by atoms with Crippen LogP contribution in [0.1, 0.15) is 31.3 Å². The summed E-state index contributed by atoms with van der Waals surface area (Å²) >= 11 is 0. The van der Waals surface area contributed by atoms with Crippen molar-refractivity contribution in [1.29, 1.82) is 0 Å². The highest BCUT2D eigenvalue weighted by Crippen LogP contribution is 2.11. The maximum absolute atomic E-state index is 12.1. The van der Waals surface area contributed by atoms with Gasteiger partial charge in [0.05, 0.1) is 0 Å². The third-order valence-corrected chi connectivity index (χ3v) is 3.65. The molecule has 0 aliphatic carbocycles. The summed E-state index contributed by atoms with van der Waals surface area (Å²) in [7, 11) is 0. The zero-order chi connectivity index (χ0) is 15.2. The molecule has 1 aromatic heterocycles. The molecular weight excluding hydrogens is 266 g/mol. The smallest absolute Gasteiger partial charge is 0.270 e. The molecule has 1 N–H and O–H groups in total. The van der Waals surface area contributed by atoms with Crippen LogP contribution in [0, 0.1) is 5.92 Å². The van der Waals surface area contributed by atoms with Gasteiger partial charge in [-0.2, -0.15) is 0 Å². The highest BCUT2D eigenvalue weighted by atomic mass is 16.1. The summed E-state index contributed by atoms with van der Waals surface area (Å²) in [5.41, 5.74) is 0.443. The van der Waals surface area contributed by atoms with Gasteiger partial charge in [0, 0.05) is 38.9 Å². The van der Waals surface area contributed by atoms with E-state index in [4.69, 9.17) is 0 Å². The molecule has 0 unspecified atom stereocenters. The molecule has 0 aromatic carbocycles. The number of likely N-dealkylation sites (N-methyl/N-ethyl adjacent to an activating group) is 1. The Labute approximate surface area is 126 Å². The highest BCUT2D eigenvalue weighted by molar-refractivity contribution is 5.92. The number of hydrogen-bond donors (Lipinski definition) is 1. The number of piperazine rings is 1. The molecule has 0 bridgehead atoms. The van der Waals surface area contributed by atoms with E-state index in [2.05, 4.69) is 45.9 Å². The van der Waals surface area contributed by atoms with Gasteiger partial charge in [-0.25, -0.2) is 9.97 Å². The van der Waals surface area contributed by atoms with Gasteiger partial charge in [0.1, 0.15) is 5.69 Å². The first-order valence-corrected chi connectivity index (χ1v) is 7.68. The lowest BCUT2D eigenvalue weighted by Crippen LogP contribution is -2.46. The van der Waals surface area contributed by atoms with Gasteiger partial charge in [-0.3, -0.25) is 4.79 Å². The van der Waals surface area contributed by atoms with Gasteiger partial charge in [-0.05, 0) is 18.5 Å². The monoisotopic (exact) mass is 291 g/mol. The Hall–Kier alpha value is -1.69. The third kappa shape index (κ3) is 4.39. The van der Waals surface area contributed by atoms with Crippen LogP contribution in [0.3, 0.4) is 0 Å². The predicted octanol–water partition coefficient (Wildman–Crippen LogP) is 1.00. The van der Waals surface area contributed by atoms with E-state index in [1.165, 1.54) is 0 Å². The van der Waals surface area contributed by atoms with Gasteiger partial charge >= 0.3 is 0 Å². The van der Waals surface area contributed by atoms with Crippen LogP contribution in [0.25, 0.3) is 0 Å². The zero-order valence-electron chi connectivity index (χ0n) is 13.2. The van der Waals surface area contributed by atoms with Crippen LogP contribution in [0.2, 0.25) is 0 Å². The number of anilines is 1. The molecule has 1 aliphatic heterocycles.